The first-order valence-corrected chi connectivity index (χ1v) is 14.9. The topological polar surface area (TPSA) is 96.5 Å². The summed E-state index contributed by atoms with van der Waals surface area (Å²) in [6.45, 7) is 6.05. The fourth-order valence-corrected chi connectivity index (χ4v) is 5.06. The number of ether oxygens (including phenoxy) is 1. The van der Waals surface area contributed by atoms with Crippen LogP contribution in [0.4, 0.5) is 11.4 Å². The van der Waals surface area contributed by atoms with Crippen LogP contribution in [0.25, 0.3) is 6.08 Å². The smallest absolute Gasteiger partial charge is 0.272 e. The van der Waals surface area contributed by atoms with E-state index < -0.39 is 11.8 Å². The third kappa shape index (κ3) is 8.98. The molecule has 0 fully saturated rings. The predicted octanol–water partition coefficient (Wildman–Crippen LogP) is 7.58. The summed E-state index contributed by atoms with van der Waals surface area (Å²) in [5.74, 6) is -0.471. The Morgan fingerprint density at radius 3 is 2.33 bits per heavy atom. The van der Waals surface area contributed by atoms with Gasteiger partial charge in [0.2, 0.25) is 5.91 Å². The third-order valence-electron chi connectivity index (χ3n) is 6.30. The minimum Gasteiger partial charge on any atom is -0.493 e. The van der Waals surface area contributed by atoms with Crippen molar-refractivity contribution in [3.63, 3.8) is 0 Å². The summed E-state index contributed by atoms with van der Waals surface area (Å²) in [4.78, 5) is 40.0. The van der Waals surface area contributed by atoms with Crippen molar-refractivity contribution < 1.29 is 19.1 Å². The molecule has 43 heavy (non-hydrogen) atoms. The fraction of sp³-hybridized carbons (Fsp3) is 0.147. The van der Waals surface area contributed by atoms with Gasteiger partial charge in [-0.2, -0.15) is 0 Å². The maximum absolute atomic E-state index is 13.4. The van der Waals surface area contributed by atoms with Crippen LogP contribution in [-0.4, -0.2) is 29.6 Å². The van der Waals surface area contributed by atoms with Gasteiger partial charge in [0, 0.05) is 32.4 Å². The zero-order valence-corrected chi connectivity index (χ0v) is 25.6. The summed E-state index contributed by atoms with van der Waals surface area (Å²) in [6, 6.07) is 28.5. The molecule has 0 saturated heterocycles. The first-order valence-electron chi connectivity index (χ1n) is 13.7. The second kappa shape index (κ2) is 15.1. The van der Waals surface area contributed by atoms with Gasteiger partial charge in [-0.3, -0.25) is 14.4 Å². The molecule has 0 spiro atoms. The fourth-order valence-electron chi connectivity index (χ4n) is 4.02. The second-order valence-corrected chi connectivity index (χ2v) is 11.4. The molecular weight excluding hydrogens is 582 g/mol. The molecule has 1 atom stereocenters. The molecule has 220 valence electrons. The molecule has 0 heterocycles. The number of aryl methyl sites for hydroxylation is 1. The molecule has 0 saturated carbocycles. The number of nitrogens with one attached hydrogen (secondary N) is 3. The van der Waals surface area contributed by atoms with Crippen molar-refractivity contribution in [3.05, 3.63) is 124 Å². The zero-order chi connectivity index (χ0) is 30.8. The number of anilines is 2. The highest BCUT2D eigenvalue weighted by Gasteiger charge is 2.18. The molecule has 0 aliphatic rings. The SMILES string of the molecule is CCOc1ccccc1/C=C(\NC(=O)c1ccccc1)C(=O)Nc1ccc(SC(C)C(=O)Nc2cc(Cl)ccc2C)cc1. The Bertz CT molecular complexity index is 1620. The number of thioether (sulfide) groups is 1. The number of halogens is 1. The van der Waals surface area contributed by atoms with Gasteiger partial charge < -0.3 is 20.7 Å². The quantitative estimate of drug-likeness (QED) is 0.120. The Hall–Kier alpha value is -4.53. The summed E-state index contributed by atoms with van der Waals surface area (Å²) < 4.78 is 5.71. The minimum absolute atomic E-state index is 0.0565. The van der Waals surface area contributed by atoms with Crippen molar-refractivity contribution in [2.45, 2.75) is 30.9 Å². The molecular formula is C34H32ClN3O4S. The lowest BCUT2D eigenvalue weighted by molar-refractivity contribution is -0.115. The average Bonchev–Trinajstić information content (AvgIpc) is 3.01. The van der Waals surface area contributed by atoms with Gasteiger partial charge in [0.15, 0.2) is 0 Å². The largest absolute Gasteiger partial charge is 0.493 e. The Balaban J connectivity index is 1.47. The van der Waals surface area contributed by atoms with E-state index in [1.165, 1.54) is 11.8 Å². The van der Waals surface area contributed by atoms with Gasteiger partial charge in [-0.15, -0.1) is 11.8 Å². The van der Waals surface area contributed by atoms with Crippen LogP contribution in [0, 0.1) is 6.92 Å². The molecule has 0 aromatic heterocycles. The van der Waals surface area contributed by atoms with Crippen molar-refractivity contribution in [1.82, 2.24) is 5.32 Å². The molecule has 4 rings (SSSR count). The monoisotopic (exact) mass is 613 g/mol. The van der Waals surface area contributed by atoms with Crippen molar-refractivity contribution in [2.75, 3.05) is 17.2 Å². The molecule has 0 radical (unpaired) electrons. The van der Waals surface area contributed by atoms with Crippen molar-refractivity contribution in [1.29, 1.82) is 0 Å². The summed E-state index contributed by atoms with van der Waals surface area (Å²) >= 11 is 7.47. The van der Waals surface area contributed by atoms with Crippen LogP contribution in [0.5, 0.6) is 5.75 Å². The molecule has 4 aromatic rings. The molecule has 0 aliphatic carbocycles. The standard InChI is InChI=1S/C34H32ClN3O4S/c1-4-42-31-13-9-8-12-25(31)20-30(38-33(40)24-10-6-5-7-11-24)34(41)36-27-16-18-28(19-17-27)43-23(3)32(39)37-29-21-26(35)15-14-22(29)2/h5-21,23H,4H2,1-3H3,(H,36,41)(H,37,39)(H,38,40)/b30-20-. The lowest BCUT2D eigenvalue weighted by Gasteiger charge is -2.15. The number of benzene rings is 4. The number of para-hydroxylation sites is 1. The van der Waals surface area contributed by atoms with Gasteiger partial charge in [-0.05, 0) is 87.0 Å². The van der Waals surface area contributed by atoms with Crippen molar-refractivity contribution >= 4 is 58.5 Å². The van der Waals surface area contributed by atoms with Crippen LogP contribution in [0.2, 0.25) is 5.02 Å². The van der Waals surface area contributed by atoms with Crippen LogP contribution in [0.1, 0.15) is 35.3 Å². The van der Waals surface area contributed by atoms with E-state index in [0.29, 0.717) is 39.9 Å². The highest BCUT2D eigenvalue weighted by atomic mass is 35.5. The van der Waals surface area contributed by atoms with E-state index in [-0.39, 0.29) is 16.9 Å². The number of hydrogen-bond acceptors (Lipinski definition) is 5. The zero-order valence-electron chi connectivity index (χ0n) is 24.0. The van der Waals surface area contributed by atoms with E-state index in [2.05, 4.69) is 16.0 Å². The van der Waals surface area contributed by atoms with Gasteiger partial charge in [-0.25, -0.2) is 0 Å². The third-order valence-corrected chi connectivity index (χ3v) is 7.65. The van der Waals surface area contributed by atoms with Crippen molar-refractivity contribution in [3.8, 4) is 5.75 Å². The van der Waals surface area contributed by atoms with Crippen LogP contribution in [-0.2, 0) is 9.59 Å². The Morgan fingerprint density at radius 1 is 0.907 bits per heavy atom. The molecule has 4 aromatic carbocycles. The Kier molecular flexibility index (Phi) is 11.0. The van der Waals surface area contributed by atoms with Crippen molar-refractivity contribution in [2.24, 2.45) is 0 Å². The van der Waals surface area contributed by atoms with Gasteiger partial charge in [-0.1, -0.05) is 54.1 Å². The Morgan fingerprint density at radius 2 is 1.60 bits per heavy atom. The first kappa shape index (κ1) is 31.4. The summed E-state index contributed by atoms with van der Waals surface area (Å²) in [7, 11) is 0. The lowest BCUT2D eigenvalue weighted by atomic mass is 10.1. The predicted molar refractivity (Wildman–Crippen MR) is 175 cm³/mol. The number of carbonyl (C=O) groups excluding carboxylic acids is 3. The van der Waals surface area contributed by atoms with Crippen LogP contribution in [0.15, 0.2) is 108 Å². The minimum atomic E-state index is -0.499. The van der Waals surface area contributed by atoms with Gasteiger partial charge >= 0.3 is 0 Å². The summed E-state index contributed by atoms with van der Waals surface area (Å²) in [6.07, 6.45) is 1.59. The highest BCUT2D eigenvalue weighted by Crippen LogP contribution is 2.27. The molecule has 0 bridgehead atoms. The normalized spacial score (nSPS) is 11.8. The van der Waals surface area contributed by atoms with E-state index in [1.54, 1.807) is 60.7 Å². The van der Waals surface area contributed by atoms with E-state index in [4.69, 9.17) is 16.3 Å². The number of carbonyl (C=O) groups is 3. The number of hydrogen-bond donors (Lipinski definition) is 3. The first-order chi connectivity index (χ1) is 20.7. The maximum Gasteiger partial charge on any atom is 0.272 e. The van der Waals surface area contributed by atoms with E-state index in [0.717, 1.165) is 10.5 Å². The van der Waals surface area contributed by atoms with Gasteiger partial charge in [0.05, 0.1) is 11.9 Å². The highest BCUT2D eigenvalue weighted by molar-refractivity contribution is 8.00. The van der Waals surface area contributed by atoms with Gasteiger partial charge in [0.1, 0.15) is 11.4 Å². The second-order valence-electron chi connectivity index (χ2n) is 9.54. The summed E-state index contributed by atoms with van der Waals surface area (Å²) in [5, 5.41) is 8.70. The van der Waals surface area contributed by atoms with E-state index in [9.17, 15) is 14.4 Å². The molecule has 3 amide bonds. The molecule has 7 nitrogen and oxygen atoms in total. The van der Waals surface area contributed by atoms with Gasteiger partial charge in [0.25, 0.3) is 11.8 Å². The summed E-state index contributed by atoms with van der Waals surface area (Å²) in [5.41, 5.74) is 3.25. The number of amides is 3. The maximum atomic E-state index is 13.4. The molecule has 3 N–H and O–H groups in total. The van der Waals surface area contributed by atoms with E-state index in [1.807, 2.05) is 63.2 Å². The van der Waals surface area contributed by atoms with Crippen LogP contribution < -0.4 is 20.7 Å². The van der Waals surface area contributed by atoms with Crippen LogP contribution in [0.3, 0.4) is 0 Å². The average molecular weight is 614 g/mol. The molecule has 9 heteroatoms. The number of rotatable bonds is 11. The lowest BCUT2D eigenvalue weighted by Crippen LogP contribution is -2.30. The molecule has 1 unspecified atom stereocenters. The van der Waals surface area contributed by atoms with Crippen LogP contribution >= 0.6 is 23.4 Å². The molecule has 0 aliphatic heterocycles. The Labute approximate surface area is 260 Å². The van der Waals surface area contributed by atoms with E-state index >= 15 is 0 Å².